The number of aliphatic hydroxyl groups is 1. The van der Waals surface area contributed by atoms with E-state index in [0.717, 1.165) is 19.5 Å². The molecule has 6 nitrogen and oxygen atoms in total. The van der Waals surface area contributed by atoms with Crippen LogP contribution in [0.15, 0.2) is 41.1 Å². The van der Waals surface area contributed by atoms with E-state index in [2.05, 4.69) is 38.1 Å². The number of β-amino-alcohol motifs (C(OH)–C–C–N with tert-alkyl or cyclic N) is 1. The number of carbonyl (C=O) groups is 1. The second-order valence-corrected chi connectivity index (χ2v) is 5.50. The SMILES string of the molecule is O=C(NC[C@H](O)CN1CCc2ccccc2C1)c1ccon1. The van der Waals surface area contributed by atoms with Crippen molar-refractivity contribution in [3.8, 4) is 0 Å². The first-order valence-electron chi connectivity index (χ1n) is 7.38. The molecule has 0 saturated heterocycles. The van der Waals surface area contributed by atoms with Gasteiger partial charge in [0, 0.05) is 32.2 Å². The lowest BCUT2D eigenvalue weighted by molar-refractivity contribution is 0.0835. The predicted molar refractivity (Wildman–Crippen MR) is 80.3 cm³/mol. The van der Waals surface area contributed by atoms with Crippen LogP contribution in [0.2, 0.25) is 0 Å². The van der Waals surface area contributed by atoms with Crippen LogP contribution in [0, 0.1) is 0 Å². The molecule has 2 N–H and O–H groups in total. The maximum absolute atomic E-state index is 11.7. The lowest BCUT2D eigenvalue weighted by Gasteiger charge is -2.30. The van der Waals surface area contributed by atoms with Gasteiger partial charge in [-0.15, -0.1) is 0 Å². The van der Waals surface area contributed by atoms with E-state index in [1.807, 2.05) is 6.07 Å². The highest BCUT2D eigenvalue weighted by Gasteiger charge is 2.19. The van der Waals surface area contributed by atoms with Gasteiger partial charge in [-0.05, 0) is 17.5 Å². The number of amides is 1. The molecule has 116 valence electrons. The molecule has 22 heavy (non-hydrogen) atoms. The van der Waals surface area contributed by atoms with Gasteiger partial charge >= 0.3 is 0 Å². The second-order valence-electron chi connectivity index (χ2n) is 5.50. The van der Waals surface area contributed by atoms with E-state index >= 15 is 0 Å². The van der Waals surface area contributed by atoms with Crippen molar-refractivity contribution in [2.45, 2.75) is 19.1 Å². The molecular formula is C16H19N3O3. The molecule has 1 aliphatic heterocycles. The summed E-state index contributed by atoms with van der Waals surface area (Å²) in [5.41, 5.74) is 2.92. The van der Waals surface area contributed by atoms with Crippen molar-refractivity contribution in [1.82, 2.24) is 15.4 Å². The Morgan fingerprint density at radius 3 is 2.95 bits per heavy atom. The molecule has 1 amide bonds. The maximum atomic E-state index is 11.7. The van der Waals surface area contributed by atoms with Crippen molar-refractivity contribution >= 4 is 5.91 Å². The van der Waals surface area contributed by atoms with Gasteiger partial charge in [-0.3, -0.25) is 9.69 Å². The molecule has 2 heterocycles. The molecule has 1 aromatic carbocycles. The van der Waals surface area contributed by atoms with Gasteiger partial charge in [0.1, 0.15) is 6.26 Å². The topological polar surface area (TPSA) is 78.6 Å². The molecule has 6 heteroatoms. The van der Waals surface area contributed by atoms with Crippen molar-refractivity contribution in [1.29, 1.82) is 0 Å². The number of hydrogen-bond acceptors (Lipinski definition) is 5. The van der Waals surface area contributed by atoms with Crippen LogP contribution >= 0.6 is 0 Å². The van der Waals surface area contributed by atoms with Crippen molar-refractivity contribution < 1.29 is 14.4 Å². The highest BCUT2D eigenvalue weighted by Crippen LogP contribution is 2.18. The lowest BCUT2D eigenvalue weighted by Crippen LogP contribution is -2.42. The van der Waals surface area contributed by atoms with Crippen LogP contribution in [-0.4, -0.2) is 46.8 Å². The van der Waals surface area contributed by atoms with E-state index in [9.17, 15) is 9.90 Å². The van der Waals surface area contributed by atoms with E-state index in [0.29, 0.717) is 6.54 Å². The van der Waals surface area contributed by atoms with Gasteiger partial charge in [0.2, 0.25) is 0 Å². The fourth-order valence-corrected chi connectivity index (χ4v) is 2.70. The molecule has 0 spiro atoms. The smallest absolute Gasteiger partial charge is 0.273 e. The number of aromatic nitrogens is 1. The number of carbonyl (C=O) groups excluding carboxylic acids is 1. The van der Waals surface area contributed by atoms with Gasteiger partial charge < -0.3 is 14.9 Å². The molecule has 3 rings (SSSR count). The van der Waals surface area contributed by atoms with E-state index in [1.165, 1.54) is 23.5 Å². The van der Waals surface area contributed by atoms with Gasteiger partial charge in [-0.25, -0.2) is 0 Å². The molecule has 0 saturated carbocycles. The molecule has 1 aromatic heterocycles. The number of hydrogen-bond donors (Lipinski definition) is 2. The Morgan fingerprint density at radius 2 is 2.18 bits per heavy atom. The van der Waals surface area contributed by atoms with Gasteiger partial charge in [-0.1, -0.05) is 29.4 Å². The summed E-state index contributed by atoms with van der Waals surface area (Å²) in [6, 6.07) is 9.87. The molecule has 0 unspecified atom stereocenters. The molecule has 2 aromatic rings. The Bertz CT molecular complexity index is 627. The summed E-state index contributed by atoms with van der Waals surface area (Å²) in [5, 5.41) is 16.3. The number of nitrogens with one attached hydrogen (secondary N) is 1. The zero-order valence-corrected chi connectivity index (χ0v) is 12.2. The first-order chi connectivity index (χ1) is 10.7. The third-order valence-corrected chi connectivity index (χ3v) is 3.85. The molecule has 0 radical (unpaired) electrons. The minimum atomic E-state index is -0.610. The van der Waals surface area contributed by atoms with Crippen LogP contribution in [0.1, 0.15) is 21.6 Å². The Labute approximate surface area is 128 Å². The molecule has 0 bridgehead atoms. The summed E-state index contributed by atoms with van der Waals surface area (Å²) in [6.45, 7) is 2.49. The quantitative estimate of drug-likeness (QED) is 0.855. The summed E-state index contributed by atoms with van der Waals surface area (Å²) in [7, 11) is 0. The Balaban J connectivity index is 1.46. The Hall–Kier alpha value is -2.18. The van der Waals surface area contributed by atoms with Crippen molar-refractivity contribution in [2.75, 3.05) is 19.6 Å². The van der Waals surface area contributed by atoms with Crippen LogP contribution in [0.3, 0.4) is 0 Å². The summed E-state index contributed by atoms with van der Waals surface area (Å²) in [4.78, 5) is 13.9. The van der Waals surface area contributed by atoms with Gasteiger partial charge in [0.05, 0.1) is 6.10 Å². The van der Waals surface area contributed by atoms with E-state index in [-0.39, 0.29) is 18.1 Å². The highest BCUT2D eigenvalue weighted by atomic mass is 16.5. The monoisotopic (exact) mass is 301 g/mol. The normalized spacial score (nSPS) is 16.0. The average molecular weight is 301 g/mol. The molecule has 0 aliphatic carbocycles. The largest absolute Gasteiger partial charge is 0.390 e. The Kier molecular flexibility index (Phi) is 4.50. The number of rotatable bonds is 5. The summed E-state index contributed by atoms with van der Waals surface area (Å²) in [6.07, 6.45) is 1.73. The van der Waals surface area contributed by atoms with Crippen LogP contribution < -0.4 is 5.32 Å². The van der Waals surface area contributed by atoms with Gasteiger partial charge in [0.25, 0.3) is 5.91 Å². The standard InChI is InChI=1S/C16H19N3O3/c20-14(9-17-16(21)15-6-8-22-18-15)11-19-7-5-12-3-1-2-4-13(12)10-19/h1-4,6,8,14,20H,5,7,9-11H2,(H,17,21)/t14-/m0/s1. The molecular weight excluding hydrogens is 282 g/mol. The van der Waals surface area contributed by atoms with Crippen LogP contribution in [0.25, 0.3) is 0 Å². The van der Waals surface area contributed by atoms with Gasteiger partial charge in [-0.2, -0.15) is 0 Å². The number of aliphatic hydroxyl groups excluding tert-OH is 1. The van der Waals surface area contributed by atoms with E-state index in [1.54, 1.807) is 0 Å². The van der Waals surface area contributed by atoms with Crippen molar-refractivity contribution in [3.05, 3.63) is 53.4 Å². The summed E-state index contributed by atoms with van der Waals surface area (Å²) < 4.78 is 4.62. The van der Waals surface area contributed by atoms with Crippen LogP contribution in [0.5, 0.6) is 0 Å². The molecule has 1 aliphatic rings. The maximum Gasteiger partial charge on any atom is 0.273 e. The zero-order chi connectivity index (χ0) is 15.4. The highest BCUT2D eigenvalue weighted by molar-refractivity contribution is 5.91. The van der Waals surface area contributed by atoms with Crippen molar-refractivity contribution in [2.24, 2.45) is 0 Å². The number of nitrogens with zero attached hydrogens (tertiary/aromatic N) is 2. The number of benzene rings is 1. The fourth-order valence-electron chi connectivity index (χ4n) is 2.70. The second kappa shape index (κ2) is 6.72. The fraction of sp³-hybridized carbons (Fsp3) is 0.375. The zero-order valence-electron chi connectivity index (χ0n) is 12.2. The summed E-state index contributed by atoms with van der Waals surface area (Å²) in [5.74, 6) is -0.336. The predicted octanol–water partition coefficient (Wildman–Crippen LogP) is 0.824. The lowest BCUT2D eigenvalue weighted by atomic mass is 10.00. The van der Waals surface area contributed by atoms with Crippen LogP contribution in [-0.2, 0) is 13.0 Å². The number of fused-ring (bicyclic) bond motifs is 1. The third kappa shape index (κ3) is 3.52. The van der Waals surface area contributed by atoms with E-state index in [4.69, 9.17) is 0 Å². The average Bonchev–Trinajstić information content (AvgIpc) is 3.07. The van der Waals surface area contributed by atoms with Crippen molar-refractivity contribution in [3.63, 3.8) is 0 Å². The first-order valence-corrected chi connectivity index (χ1v) is 7.38. The third-order valence-electron chi connectivity index (χ3n) is 3.85. The summed E-state index contributed by atoms with van der Waals surface area (Å²) >= 11 is 0. The molecule has 0 fully saturated rings. The molecule has 1 atom stereocenters. The first kappa shape index (κ1) is 14.7. The van der Waals surface area contributed by atoms with Crippen LogP contribution in [0.4, 0.5) is 0 Å². The Morgan fingerprint density at radius 1 is 1.36 bits per heavy atom. The van der Waals surface area contributed by atoms with E-state index < -0.39 is 6.10 Å². The minimum absolute atomic E-state index is 0.198. The van der Waals surface area contributed by atoms with Gasteiger partial charge in [0.15, 0.2) is 5.69 Å². The minimum Gasteiger partial charge on any atom is -0.390 e.